The van der Waals surface area contributed by atoms with Gasteiger partial charge in [-0.15, -0.1) is 0 Å². The minimum Gasteiger partial charge on any atom is -0.326 e. The molecule has 0 aliphatic heterocycles. The van der Waals surface area contributed by atoms with Crippen LogP contribution in [0.5, 0.6) is 0 Å². The highest BCUT2D eigenvalue weighted by atomic mass is 79.9. The van der Waals surface area contributed by atoms with Gasteiger partial charge in [0.15, 0.2) is 0 Å². The van der Waals surface area contributed by atoms with Crippen molar-refractivity contribution in [1.82, 2.24) is 0 Å². The Morgan fingerprint density at radius 3 is 1.89 bits per heavy atom. The fourth-order valence-electron chi connectivity index (χ4n) is 1.28. The van der Waals surface area contributed by atoms with Crippen LogP contribution in [0.3, 0.4) is 0 Å². The van der Waals surface area contributed by atoms with Gasteiger partial charge in [-0.05, 0) is 36.8 Å². The molecule has 0 spiro atoms. The molecule has 0 saturated carbocycles. The Bertz CT molecular complexity index is 362. The Kier molecular flexibility index (Phi) is 8.98. The van der Waals surface area contributed by atoms with Gasteiger partial charge in [0.05, 0.1) is 13.2 Å². The summed E-state index contributed by atoms with van der Waals surface area (Å²) in [6.07, 6.45) is 1.88. The minimum absolute atomic E-state index is 0.631. The third-order valence-electron chi connectivity index (χ3n) is 2.15. The zero-order valence-corrected chi connectivity index (χ0v) is 14.9. The summed E-state index contributed by atoms with van der Waals surface area (Å²) in [5.41, 5.74) is 0. The van der Waals surface area contributed by atoms with E-state index in [1.54, 1.807) is 0 Å². The van der Waals surface area contributed by atoms with E-state index < -0.39 is 6.49 Å². The van der Waals surface area contributed by atoms with Crippen molar-refractivity contribution >= 4 is 55.5 Å². The molecule has 2 nitrogen and oxygen atoms in total. The van der Waals surface area contributed by atoms with Crippen LogP contribution in [-0.4, -0.2) is 23.9 Å². The van der Waals surface area contributed by atoms with E-state index in [2.05, 4.69) is 31.9 Å². The predicted molar refractivity (Wildman–Crippen MR) is 89.1 cm³/mol. The van der Waals surface area contributed by atoms with Crippen molar-refractivity contribution in [2.24, 2.45) is 0 Å². The van der Waals surface area contributed by atoms with E-state index in [0.29, 0.717) is 13.2 Å². The molecule has 0 bridgehead atoms. The van der Waals surface area contributed by atoms with Crippen molar-refractivity contribution in [3.8, 4) is 0 Å². The molecule has 0 aliphatic carbocycles. The highest BCUT2D eigenvalue weighted by molar-refractivity contribution is 9.09. The molecule has 1 aromatic rings. The van der Waals surface area contributed by atoms with Crippen molar-refractivity contribution in [3.05, 3.63) is 30.3 Å². The molecule has 0 fully saturated rings. The van der Waals surface area contributed by atoms with Crippen molar-refractivity contribution in [2.45, 2.75) is 12.8 Å². The molecule has 0 saturated heterocycles. The lowest BCUT2D eigenvalue weighted by atomic mass is 10.4. The van der Waals surface area contributed by atoms with Gasteiger partial charge in [-0.25, -0.2) is 0 Å². The van der Waals surface area contributed by atoms with E-state index >= 15 is 0 Å². The molecule has 0 unspecified atom stereocenters. The average Bonchev–Trinajstić information content (AvgIpc) is 2.40. The Labute approximate surface area is 131 Å². The minimum atomic E-state index is -2.34. The second kappa shape index (κ2) is 9.62. The summed E-state index contributed by atoms with van der Waals surface area (Å²) in [7, 11) is 0. The maximum Gasteiger partial charge on any atom is 0.219 e. The maximum absolute atomic E-state index is 5.86. The molecule has 102 valence electrons. The molecule has 6 heteroatoms. The summed E-state index contributed by atoms with van der Waals surface area (Å²) in [5, 5.41) is 2.82. The summed E-state index contributed by atoms with van der Waals surface area (Å²) < 4.78 is 11.7. The van der Waals surface area contributed by atoms with Crippen molar-refractivity contribution in [3.63, 3.8) is 0 Å². The third-order valence-corrected chi connectivity index (χ3v) is 6.51. The molecule has 1 aromatic carbocycles. The van der Waals surface area contributed by atoms with Gasteiger partial charge < -0.3 is 9.05 Å². The smallest absolute Gasteiger partial charge is 0.219 e. The summed E-state index contributed by atoms with van der Waals surface area (Å²) >= 11 is 12.4. The van der Waals surface area contributed by atoms with Crippen molar-refractivity contribution in [1.29, 1.82) is 0 Å². The van der Waals surface area contributed by atoms with E-state index in [-0.39, 0.29) is 0 Å². The summed E-state index contributed by atoms with van der Waals surface area (Å²) in [6.45, 7) is -1.08. The lowest BCUT2D eigenvalue weighted by molar-refractivity contribution is 0.256. The van der Waals surface area contributed by atoms with Crippen LogP contribution in [0.15, 0.2) is 30.3 Å². The van der Waals surface area contributed by atoms with E-state index in [0.717, 1.165) is 28.8 Å². The monoisotopic (exact) mass is 414 g/mol. The molecule has 0 amide bonds. The first kappa shape index (κ1) is 16.8. The number of hydrogen-bond donors (Lipinski definition) is 0. The molecular formula is C12H17Br2O2PS. The highest BCUT2D eigenvalue weighted by Crippen LogP contribution is 2.47. The molecule has 0 aliphatic rings. The van der Waals surface area contributed by atoms with E-state index in [1.807, 2.05) is 30.3 Å². The van der Waals surface area contributed by atoms with Crippen LogP contribution in [-0.2, 0) is 20.9 Å². The first-order chi connectivity index (χ1) is 8.73. The lowest BCUT2D eigenvalue weighted by Crippen LogP contribution is -2.11. The van der Waals surface area contributed by atoms with Crippen LogP contribution in [0.1, 0.15) is 12.8 Å². The van der Waals surface area contributed by atoms with Crippen LogP contribution in [0.25, 0.3) is 0 Å². The van der Waals surface area contributed by atoms with E-state index in [9.17, 15) is 0 Å². The fourth-order valence-corrected chi connectivity index (χ4v) is 4.19. The number of benzene rings is 1. The Balaban J connectivity index is 2.70. The molecular weight excluding hydrogens is 399 g/mol. The summed E-state index contributed by atoms with van der Waals surface area (Å²) in [4.78, 5) is 0. The lowest BCUT2D eigenvalue weighted by Gasteiger charge is -2.22. The first-order valence-corrected chi connectivity index (χ1v) is 10.7. The zero-order chi connectivity index (χ0) is 13.3. The quantitative estimate of drug-likeness (QED) is 0.341. The van der Waals surface area contributed by atoms with Gasteiger partial charge in [-0.1, -0.05) is 50.1 Å². The zero-order valence-electron chi connectivity index (χ0n) is 10.1. The average molecular weight is 416 g/mol. The molecule has 0 N–H and O–H groups in total. The number of rotatable bonds is 9. The first-order valence-electron chi connectivity index (χ1n) is 5.79. The van der Waals surface area contributed by atoms with Gasteiger partial charge in [0.2, 0.25) is 6.49 Å². The maximum atomic E-state index is 5.86. The Morgan fingerprint density at radius 1 is 0.944 bits per heavy atom. The van der Waals surface area contributed by atoms with Crippen LogP contribution in [0.2, 0.25) is 0 Å². The van der Waals surface area contributed by atoms with Gasteiger partial charge in [-0.3, -0.25) is 0 Å². The highest BCUT2D eigenvalue weighted by Gasteiger charge is 2.21. The van der Waals surface area contributed by atoms with Crippen LogP contribution >= 0.6 is 38.4 Å². The standard InChI is InChI=1S/C12H17Br2O2PS/c13-8-4-10-15-17(18,16-11-5-9-14)12-6-2-1-3-7-12/h1-3,6-7H,4-5,8-11H2. The molecule has 0 atom stereocenters. The Hall–Kier alpha value is 0.750. The van der Waals surface area contributed by atoms with Gasteiger partial charge in [0.25, 0.3) is 0 Å². The molecule has 1 rings (SSSR count). The van der Waals surface area contributed by atoms with E-state index in [4.69, 9.17) is 20.9 Å². The normalized spacial score (nSPS) is 11.7. The number of hydrogen-bond acceptors (Lipinski definition) is 3. The van der Waals surface area contributed by atoms with Gasteiger partial charge >= 0.3 is 0 Å². The summed E-state index contributed by atoms with van der Waals surface area (Å²) in [6, 6.07) is 9.89. The second-order valence-corrected chi connectivity index (χ2v) is 8.64. The van der Waals surface area contributed by atoms with Crippen molar-refractivity contribution in [2.75, 3.05) is 23.9 Å². The predicted octanol–water partition coefficient (Wildman–Crippen LogP) is 4.22. The molecule has 0 heterocycles. The van der Waals surface area contributed by atoms with Crippen LogP contribution in [0.4, 0.5) is 0 Å². The Morgan fingerprint density at radius 2 is 1.44 bits per heavy atom. The van der Waals surface area contributed by atoms with Gasteiger partial charge in [0.1, 0.15) is 0 Å². The molecule has 18 heavy (non-hydrogen) atoms. The van der Waals surface area contributed by atoms with Gasteiger partial charge in [-0.2, -0.15) is 0 Å². The molecule has 0 radical (unpaired) electrons. The van der Waals surface area contributed by atoms with Gasteiger partial charge in [0, 0.05) is 16.0 Å². The fraction of sp³-hybridized carbons (Fsp3) is 0.500. The topological polar surface area (TPSA) is 18.5 Å². The summed E-state index contributed by atoms with van der Waals surface area (Å²) in [5.74, 6) is 0. The number of alkyl halides is 2. The number of halogens is 2. The second-order valence-electron chi connectivity index (χ2n) is 3.58. The van der Waals surface area contributed by atoms with E-state index in [1.165, 1.54) is 0 Å². The van der Waals surface area contributed by atoms with Crippen LogP contribution in [0, 0.1) is 0 Å². The SMILES string of the molecule is S=P(OCCCBr)(OCCCBr)c1ccccc1. The molecule has 0 aromatic heterocycles. The third kappa shape index (κ3) is 5.81. The van der Waals surface area contributed by atoms with Crippen LogP contribution < -0.4 is 5.30 Å². The largest absolute Gasteiger partial charge is 0.326 e. The van der Waals surface area contributed by atoms with Crippen molar-refractivity contribution < 1.29 is 9.05 Å².